The van der Waals surface area contributed by atoms with E-state index in [9.17, 15) is 0 Å². The Morgan fingerprint density at radius 1 is 0.427 bits per heavy atom. The van der Waals surface area contributed by atoms with Gasteiger partial charge in [0.1, 0.15) is 5.58 Å². The molecule has 404 valence electrons. The Kier molecular flexibility index (Phi) is 9.98. The van der Waals surface area contributed by atoms with Crippen LogP contribution in [0, 0.1) is 34.6 Å². The third kappa shape index (κ3) is 6.15. The summed E-state index contributed by atoms with van der Waals surface area (Å²) >= 11 is 1.92. The van der Waals surface area contributed by atoms with Crippen molar-refractivity contribution in [2.75, 3.05) is 19.6 Å². The van der Waals surface area contributed by atoms with Gasteiger partial charge in [-0.2, -0.15) is 0 Å². The van der Waals surface area contributed by atoms with Gasteiger partial charge in [0.2, 0.25) is 0 Å². The van der Waals surface area contributed by atoms with Crippen LogP contribution in [-0.4, -0.2) is 17.8 Å². The summed E-state index contributed by atoms with van der Waals surface area (Å²) in [5.74, 6) is 0. The van der Waals surface area contributed by atoms with Gasteiger partial charge in [0, 0.05) is 82.6 Å². The van der Waals surface area contributed by atoms with Crippen molar-refractivity contribution >= 4 is 133 Å². The fourth-order valence-corrected chi connectivity index (χ4v) is 19.5. The van der Waals surface area contributed by atoms with Crippen molar-refractivity contribution in [3.05, 3.63) is 197 Å². The molecule has 2 aliphatic carbocycles. The predicted molar refractivity (Wildman–Crippen MR) is 350 cm³/mol. The summed E-state index contributed by atoms with van der Waals surface area (Å²) in [6, 6.07) is 61.5. The number of furan rings is 1. The van der Waals surface area contributed by atoms with E-state index in [2.05, 4.69) is 240 Å². The van der Waals surface area contributed by atoms with Crippen molar-refractivity contribution in [3.63, 3.8) is 0 Å². The van der Waals surface area contributed by atoms with Crippen LogP contribution in [0.4, 0.5) is 56.9 Å². The van der Waals surface area contributed by atoms with Crippen LogP contribution in [0.2, 0.25) is 0 Å². The first-order chi connectivity index (χ1) is 39.7. The molecular weight excluding hydrogens is 1020 g/mol. The van der Waals surface area contributed by atoms with E-state index in [1.807, 2.05) is 11.3 Å². The number of hydrogen-bond acceptors (Lipinski definition) is 6. The Labute approximate surface area is 486 Å². The highest BCUT2D eigenvalue weighted by Gasteiger charge is 2.60. The number of thiophene rings is 1. The van der Waals surface area contributed by atoms with Gasteiger partial charge in [0.05, 0.1) is 27.2 Å². The van der Waals surface area contributed by atoms with Gasteiger partial charge in [-0.05, 0) is 202 Å². The summed E-state index contributed by atoms with van der Waals surface area (Å²) < 4.78 is 9.73. The summed E-state index contributed by atoms with van der Waals surface area (Å²) in [6.07, 6.45) is 9.63. The van der Waals surface area contributed by atoms with E-state index in [0.29, 0.717) is 0 Å². The lowest BCUT2D eigenvalue weighted by molar-refractivity contribution is 0.194. The van der Waals surface area contributed by atoms with Gasteiger partial charge in [-0.15, -0.1) is 11.3 Å². The molecule has 4 unspecified atom stereocenters. The molecule has 0 spiro atoms. The smallest absolute Gasteiger partial charge is 0.252 e. The first-order valence-electron chi connectivity index (χ1n) is 30.4. The van der Waals surface area contributed by atoms with Gasteiger partial charge in [-0.1, -0.05) is 124 Å². The minimum atomic E-state index is -0.113. The number of anilines is 10. The Bertz CT molecular complexity index is 4340. The normalized spacial score (nSPS) is 23.1. The van der Waals surface area contributed by atoms with E-state index in [4.69, 9.17) is 4.42 Å². The number of hydrogen-bond donors (Lipinski definition) is 0. The van der Waals surface area contributed by atoms with E-state index < -0.39 is 0 Å². The molecule has 0 radical (unpaired) electrons. The average Bonchev–Trinajstić information content (AvgIpc) is 2.03. The van der Waals surface area contributed by atoms with Gasteiger partial charge in [0.25, 0.3) is 6.71 Å². The van der Waals surface area contributed by atoms with Gasteiger partial charge < -0.3 is 24.0 Å². The zero-order chi connectivity index (χ0) is 55.5. The highest BCUT2D eigenvalue weighted by Crippen LogP contribution is 2.64. The molecule has 4 aliphatic heterocycles. The van der Waals surface area contributed by atoms with Crippen molar-refractivity contribution in [2.24, 2.45) is 0 Å². The lowest BCUT2D eigenvalue weighted by atomic mass is 9.33. The molecule has 11 aromatic rings. The first-order valence-corrected chi connectivity index (χ1v) is 31.2. The van der Waals surface area contributed by atoms with Gasteiger partial charge in [0.15, 0.2) is 5.58 Å². The lowest BCUT2D eigenvalue weighted by Crippen LogP contribution is -2.61. The SMILES string of the molecule is Cc1cc2c3c(c1)N(c1cccc4c1sc1ccccc14)c1cc(N4c5cc(C)cc(C)c5C5(C)CCCCC45C)ccc1B3c1ccc(N3c4cc(C)cc(C)c4C4(C)CCCCC34C)cc1N2c1cccc2c1oc1ccccc12. The van der Waals surface area contributed by atoms with Gasteiger partial charge in [-0.3, -0.25) is 0 Å². The fraction of sp³-hybridized carbons (Fsp3) is 0.280. The van der Waals surface area contributed by atoms with Crippen molar-refractivity contribution in [3.8, 4) is 0 Å². The highest BCUT2D eigenvalue weighted by molar-refractivity contribution is 7.26. The molecule has 17 rings (SSSR count). The van der Waals surface area contributed by atoms with E-state index in [1.54, 1.807) is 5.56 Å². The van der Waals surface area contributed by atoms with Crippen LogP contribution in [-0.2, 0) is 10.8 Å². The van der Waals surface area contributed by atoms with Crippen molar-refractivity contribution in [2.45, 2.75) is 136 Å². The highest BCUT2D eigenvalue weighted by atomic mass is 32.1. The molecule has 2 saturated carbocycles. The quantitative estimate of drug-likeness (QED) is 0.164. The second-order valence-corrected chi connectivity index (χ2v) is 27.6. The Morgan fingerprint density at radius 3 is 1.52 bits per heavy atom. The van der Waals surface area contributed by atoms with Crippen LogP contribution >= 0.6 is 11.3 Å². The molecule has 2 fully saturated rings. The molecule has 2 aromatic heterocycles. The van der Waals surface area contributed by atoms with E-state index in [-0.39, 0.29) is 28.6 Å². The Balaban J connectivity index is 0.967. The van der Waals surface area contributed by atoms with Crippen molar-refractivity contribution in [1.29, 1.82) is 0 Å². The van der Waals surface area contributed by atoms with Gasteiger partial charge in [-0.25, -0.2) is 0 Å². The molecule has 0 bridgehead atoms. The molecular formula is C75H69BN4OS. The van der Waals surface area contributed by atoms with Gasteiger partial charge >= 0.3 is 0 Å². The topological polar surface area (TPSA) is 26.1 Å². The molecule has 82 heavy (non-hydrogen) atoms. The van der Waals surface area contributed by atoms with Crippen LogP contribution in [0.25, 0.3) is 42.1 Å². The second kappa shape index (κ2) is 16.7. The number of para-hydroxylation sites is 2. The molecule has 4 atom stereocenters. The summed E-state index contributed by atoms with van der Waals surface area (Å²) in [5.41, 5.74) is 27.8. The van der Waals surface area contributed by atoms with E-state index in [1.165, 1.54) is 160 Å². The molecule has 6 heterocycles. The second-order valence-electron chi connectivity index (χ2n) is 26.6. The van der Waals surface area contributed by atoms with Crippen molar-refractivity contribution < 1.29 is 4.42 Å². The average molecular weight is 1090 g/mol. The summed E-state index contributed by atoms with van der Waals surface area (Å²) in [4.78, 5) is 10.9. The maximum atomic E-state index is 7.11. The van der Waals surface area contributed by atoms with Crippen LogP contribution in [0.5, 0.6) is 0 Å². The van der Waals surface area contributed by atoms with Crippen LogP contribution in [0.3, 0.4) is 0 Å². The molecule has 0 saturated heterocycles. The van der Waals surface area contributed by atoms with E-state index >= 15 is 0 Å². The molecule has 9 aromatic carbocycles. The lowest BCUT2D eigenvalue weighted by Gasteiger charge is -2.51. The molecule has 7 heteroatoms. The maximum absolute atomic E-state index is 7.11. The van der Waals surface area contributed by atoms with Crippen molar-refractivity contribution in [1.82, 2.24) is 0 Å². The zero-order valence-electron chi connectivity index (χ0n) is 48.9. The molecule has 0 amide bonds. The fourth-order valence-electron chi connectivity index (χ4n) is 18.3. The minimum absolute atomic E-state index is 0.00651. The number of benzene rings is 9. The maximum Gasteiger partial charge on any atom is 0.252 e. The minimum Gasteiger partial charge on any atom is -0.454 e. The number of aryl methyl sites for hydroxylation is 5. The first kappa shape index (κ1) is 48.9. The molecule has 5 nitrogen and oxygen atoms in total. The Hall–Kier alpha value is -7.74. The third-order valence-corrected chi connectivity index (χ3v) is 23.2. The van der Waals surface area contributed by atoms with Crippen LogP contribution < -0.4 is 36.0 Å². The summed E-state index contributed by atoms with van der Waals surface area (Å²) in [6.45, 7) is 21.9. The number of nitrogens with zero attached hydrogens (tertiary/aromatic N) is 4. The largest absolute Gasteiger partial charge is 0.454 e. The standard InChI is InChI=1S/C75H69BN4OS/c1-44-36-47(4)67-61(38-44)79(74(8)34-16-14-32-72(67,74)6)49-28-30-55-59(42-49)77(57-24-18-22-53-51-20-10-12-26-65(51)81-70(53)57)63-40-46(3)41-64-69(63)76(55)56-31-29-50(80-62-39-45(2)37-48(5)68(62)73(7)33-15-17-35-75(73,80)9)43-60(56)78(64)58-25-19-23-54-52-21-11-13-27-66(52)82-71(54)58/h10-13,18-31,36-43H,14-17,32-35H2,1-9H3. The number of rotatable bonds is 4. The molecule has 0 N–H and O–H groups in total. The summed E-state index contributed by atoms with van der Waals surface area (Å²) in [7, 11) is 0. The Morgan fingerprint density at radius 2 is 0.915 bits per heavy atom. The number of fused-ring (bicyclic) bond motifs is 16. The van der Waals surface area contributed by atoms with E-state index in [0.717, 1.165) is 40.5 Å². The summed E-state index contributed by atoms with van der Waals surface area (Å²) in [5, 5.41) is 4.88. The van der Waals surface area contributed by atoms with Crippen LogP contribution in [0.15, 0.2) is 162 Å². The monoisotopic (exact) mass is 1080 g/mol. The molecule has 6 aliphatic rings. The predicted octanol–water partition coefficient (Wildman–Crippen LogP) is 19.1. The van der Waals surface area contributed by atoms with Crippen LogP contribution in [0.1, 0.15) is 118 Å². The zero-order valence-corrected chi connectivity index (χ0v) is 49.7. The third-order valence-electron chi connectivity index (χ3n) is 22.0.